The van der Waals surface area contributed by atoms with E-state index in [4.69, 9.17) is 6.42 Å². The average Bonchev–Trinajstić information content (AvgIpc) is 2.95. The van der Waals surface area contributed by atoms with E-state index >= 15 is 0 Å². The molecule has 2 heterocycles. The quantitative estimate of drug-likeness (QED) is 0.716. The molecule has 0 fully saturated rings. The number of fused-ring (bicyclic) bond motifs is 1. The number of hydrogen-bond acceptors (Lipinski definition) is 4. The molecule has 6 heteroatoms. The summed E-state index contributed by atoms with van der Waals surface area (Å²) in [7, 11) is 0. The van der Waals surface area contributed by atoms with E-state index in [1.165, 1.54) is 15.9 Å². The van der Waals surface area contributed by atoms with Crippen molar-refractivity contribution in [1.29, 1.82) is 0 Å². The molecular weight excluding hydrogens is 346 g/mol. The third kappa shape index (κ3) is 3.14. The average molecular weight is 365 g/mol. The normalized spacial score (nSPS) is 10.9. The van der Waals surface area contributed by atoms with Crippen molar-refractivity contribution >= 4 is 33.1 Å². The standard InChI is InChI=1S/C20H19N3O2S/c1-5-11-23-17(12(2)3)22-19-15(20(23)25)13(4)16(26-19)18(24)21-14-9-7-6-8-10-14/h1,6-10,12H,11H2,2-4H3,(H,21,24). The maximum Gasteiger partial charge on any atom is 0.266 e. The zero-order valence-corrected chi connectivity index (χ0v) is 15.7. The summed E-state index contributed by atoms with van der Waals surface area (Å²) in [6, 6.07) is 9.21. The molecule has 0 aliphatic heterocycles. The monoisotopic (exact) mass is 365 g/mol. The van der Waals surface area contributed by atoms with Crippen LogP contribution < -0.4 is 10.9 Å². The SMILES string of the molecule is C#CCn1c(C(C)C)nc2sc(C(=O)Nc3ccccc3)c(C)c2c1=O. The van der Waals surface area contributed by atoms with E-state index in [9.17, 15) is 9.59 Å². The van der Waals surface area contributed by atoms with Crippen molar-refractivity contribution in [3.05, 3.63) is 57.0 Å². The van der Waals surface area contributed by atoms with Crippen LogP contribution in [-0.4, -0.2) is 15.5 Å². The van der Waals surface area contributed by atoms with Gasteiger partial charge in [-0.3, -0.25) is 14.2 Å². The first-order valence-corrected chi connectivity index (χ1v) is 9.09. The molecule has 0 spiro atoms. The second kappa shape index (κ2) is 7.14. The molecule has 1 aromatic carbocycles. The summed E-state index contributed by atoms with van der Waals surface area (Å²) in [6.07, 6.45) is 5.42. The van der Waals surface area contributed by atoms with Crippen molar-refractivity contribution in [2.24, 2.45) is 0 Å². The largest absolute Gasteiger partial charge is 0.321 e. The fraction of sp³-hybridized carbons (Fsp3) is 0.250. The van der Waals surface area contributed by atoms with Gasteiger partial charge in [0.25, 0.3) is 11.5 Å². The van der Waals surface area contributed by atoms with Gasteiger partial charge in [0.05, 0.1) is 16.8 Å². The smallest absolute Gasteiger partial charge is 0.266 e. The van der Waals surface area contributed by atoms with Gasteiger partial charge in [0.1, 0.15) is 10.7 Å². The number of rotatable bonds is 4. The van der Waals surface area contributed by atoms with Crippen molar-refractivity contribution in [3.8, 4) is 12.3 Å². The van der Waals surface area contributed by atoms with Gasteiger partial charge in [-0.25, -0.2) is 4.98 Å². The van der Waals surface area contributed by atoms with Crippen LogP contribution in [0.5, 0.6) is 0 Å². The lowest BCUT2D eigenvalue weighted by Gasteiger charge is -2.12. The van der Waals surface area contributed by atoms with Gasteiger partial charge in [0.15, 0.2) is 0 Å². The highest BCUT2D eigenvalue weighted by molar-refractivity contribution is 7.20. The molecule has 1 amide bonds. The number of anilines is 1. The number of amides is 1. The zero-order chi connectivity index (χ0) is 18.8. The van der Waals surface area contributed by atoms with Crippen LogP contribution in [0.3, 0.4) is 0 Å². The molecule has 0 radical (unpaired) electrons. The fourth-order valence-corrected chi connectivity index (χ4v) is 3.92. The number of carbonyl (C=O) groups is 1. The van der Waals surface area contributed by atoms with E-state index in [1.54, 1.807) is 6.92 Å². The number of para-hydroxylation sites is 1. The molecule has 3 aromatic rings. The van der Waals surface area contributed by atoms with Crippen LogP contribution in [-0.2, 0) is 6.54 Å². The molecule has 2 aromatic heterocycles. The van der Waals surface area contributed by atoms with Gasteiger partial charge < -0.3 is 5.32 Å². The molecule has 3 rings (SSSR count). The Bertz CT molecular complexity index is 1070. The van der Waals surface area contributed by atoms with Crippen molar-refractivity contribution in [2.75, 3.05) is 5.32 Å². The molecule has 0 saturated carbocycles. The first-order valence-electron chi connectivity index (χ1n) is 8.27. The van der Waals surface area contributed by atoms with Crippen LogP contribution in [0, 0.1) is 19.3 Å². The van der Waals surface area contributed by atoms with Gasteiger partial charge in [-0.05, 0) is 24.6 Å². The number of aryl methyl sites for hydroxylation is 1. The predicted molar refractivity (Wildman–Crippen MR) is 106 cm³/mol. The number of hydrogen-bond donors (Lipinski definition) is 1. The summed E-state index contributed by atoms with van der Waals surface area (Å²) in [4.78, 5) is 31.3. The molecule has 0 bridgehead atoms. The molecule has 5 nitrogen and oxygen atoms in total. The maximum atomic E-state index is 13.0. The van der Waals surface area contributed by atoms with Gasteiger partial charge in [-0.15, -0.1) is 17.8 Å². The van der Waals surface area contributed by atoms with E-state index in [-0.39, 0.29) is 23.9 Å². The minimum Gasteiger partial charge on any atom is -0.321 e. The molecule has 0 aliphatic carbocycles. The second-order valence-electron chi connectivity index (χ2n) is 6.28. The molecule has 26 heavy (non-hydrogen) atoms. The lowest BCUT2D eigenvalue weighted by atomic mass is 10.1. The molecule has 0 aliphatic rings. The van der Waals surface area contributed by atoms with Gasteiger partial charge in [-0.2, -0.15) is 0 Å². The highest BCUT2D eigenvalue weighted by Gasteiger charge is 2.22. The summed E-state index contributed by atoms with van der Waals surface area (Å²) in [6.45, 7) is 5.86. The van der Waals surface area contributed by atoms with E-state index < -0.39 is 0 Å². The number of terminal acetylenes is 1. The number of nitrogens with zero attached hydrogens (tertiary/aromatic N) is 2. The predicted octanol–water partition coefficient (Wildman–Crippen LogP) is 3.78. The second-order valence-corrected chi connectivity index (χ2v) is 7.28. The Balaban J connectivity index is 2.13. The van der Waals surface area contributed by atoms with Crippen molar-refractivity contribution < 1.29 is 4.79 Å². The van der Waals surface area contributed by atoms with Gasteiger partial charge in [0, 0.05) is 11.6 Å². The Labute approximate surface area is 155 Å². The van der Waals surface area contributed by atoms with Crippen molar-refractivity contribution in [3.63, 3.8) is 0 Å². The molecule has 0 unspecified atom stereocenters. The molecule has 0 atom stereocenters. The zero-order valence-electron chi connectivity index (χ0n) is 14.9. The minimum absolute atomic E-state index is 0.0458. The van der Waals surface area contributed by atoms with Crippen LogP contribution in [0.15, 0.2) is 35.1 Å². The number of nitrogens with one attached hydrogen (secondary N) is 1. The number of thiophene rings is 1. The van der Waals surface area contributed by atoms with Crippen LogP contribution in [0.2, 0.25) is 0 Å². The summed E-state index contributed by atoms with van der Waals surface area (Å²) >= 11 is 1.24. The van der Waals surface area contributed by atoms with Crippen molar-refractivity contribution in [1.82, 2.24) is 9.55 Å². The minimum atomic E-state index is -0.245. The van der Waals surface area contributed by atoms with Crippen LogP contribution in [0.4, 0.5) is 5.69 Å². The van der Waals surface area contributed by atoms with E-state index in [2.05, 4.69) is 16.2 Å². The first-order chi connectivity index (χ1) is 12.4. The molecule has 132 valence electrons. The van der Waals surface area contributed by atoms with E-state index in [1.807, 2.05) is 44.2 Å². The third-order valence-corrected chi connectivity index (χ3v) is 5.27. The summed E-state index contributed by atoms with van der Waals surface area (Å²) in [5, 5.41) is 3.32. The summed E-state index contributed by atoms with van der Waals surface area (Å²) in [5.74, 6) is 2.95. The van der Waals surface area contributed by atoms with Crippen molar-refractivity contribution in [2.45, 2.75) is 33.2 Å². The van der Waals surface area contributed by atoms with Gasteiger partial charge in [-0.1, -0.05) is 38.0 Å². The van der Waals surface area contributed by atoms with Crippen LogP contribution >= 0.6 is 11.3 Å². The molecule has 0 saturated heterocycles. The fourth-order valence-electron chi connectivity index (χ4n) is 2.84. The molecule has 1 N–H and O–H groups in total. The Morgan fingerprint density at radius 2 is 2.04 bits per heavy atom. The Kier molecular flexibility index (Phi) is 4.92. The van der Waals surface area contributed by atoms with Gasteiger partial charge >= 0.3 is 0 Å². The lowest BCUT2D eigenvalue weighted by Crippen LogP contribution is -2.25. The number of aromatic nitrogens is 2. The van der Waals surface area contributed by atoms with Gasteiger partial charge in [0.2, 0.25) is 0 Å². The highest BCUT2D eigenvalue weighted by Crippen LogP contribution is 2.29. The van der Waals surface area contributed by atoms with E-state index in [0.29, 0.717) is 32.2 Å². The Morgan fingerprint density at radius 1 is 1.35 bits per heavy atom. The molecular formula is C20H19N3O2S. The highest BCUT2D eigenvalue weighted by atomic mass is 32.1. The Morgan fingerprint density at radius 3 is 2.65 bits per heavy atom. The van der Waals surface area contributed by atoms with Crippen LogP contribution in [0.25, 0.3) is 10.2 Å². The topological polar surface area (TPSA) is 64.0 Å². The summed E-state index contributed by atoms with van der Waals surface area (Å²) < 4.78 is 1.52. The third-order valence-electron chi connectivity index (χ3n) is 4.08. The maximum absolute atomic E-state index is 13.0. The Hall–Kier alpha value is -2.91. The van der Waals surface area contributed by atoms with Crippen LogP contribution in [0.1, 0.15) is 40.8 Å². The van der Waals surface area contributed by atoms with E-state index in [0.717, 1.165) is 0 Å². The number of carbonyl (C=O) groups excluding carboxylic acids is 1. The summed E-state index contributed by atoms with van der Waals surface area (Å²) in [5.41, 5.74) is 1.15. The first kappa shape index (κ1) is 17.9. The lowest BCUT2D eigenvalue weighted by molar-refractivity contribution is 0.103. The number of benzene rings is 1.